The van der Waals surface area contributed by atoms with Crippen LogP contribution in [0.5, 0.6) is 0 Å². The van der Waals surface area contributed by atoms with Gasteiger partial charge in [0.05, 0.1) is 37.4 Å². The number of aliphatic hydroxyl groups is 2. The van der Waals surface area contributed by atoms with E-state index in [0.717, 1.165) is 11.1 Å². The standard InChI is InChI=1S/C36H36FN3O5/c1-23(2)40-31(17-16-29(41)19-30(42)20-32(43)45-3)33(27-12-14-28(37)15-13-27)34(26-10-5-4-6-11-26)35(40)36(44)39-22-25-9-7-8-24(18-25)21-38/h4-18,23,29-30,41-42H,19-20,22H2,1-3H3,(H,39,44)/b17-16+. The Morgan fingerprint density at radius 3 is 2.33 bits per heavy atom. The van der Waals surface area contributed by atoms with Crippen molar-refractivity contribution in [1.29, 1.82) is 5.26 Å². The van der Waals surface area contributed by atoms with Crippen molar-refractivity contribution in [2.45, 2.75) is 51.5 Å². The van der Waals surface area contributed by atoms with Gasteiger partial charge in [-0.05, 0) is 60.9 Å². The summed E-state index contributed by atoms with van der Waals surface area (Å²) < 4.78 is 20.6. The lowest BCUT2D eigenvalue weighted by molar-refractivity contribution is -0.143. The van der Waals surface area contributed by atoms with Gasteiger partial charge in [-0.2, -0.15) is 5.26 Å². The van der Waals surface area contributed by atoms with E-state index in [-0.39, 0.29) is 31.3 Å². The van der Waals surface area contributed by atoms with Crippen LogP contribution in [0.2, 0.25) is 0 Å². The van der Waals surface area contributed by atoms with Gasteiger partial charge in [-0.25, -0.2) is 4.39 Å². The highest BCUT2D eigenvalue weighted by molar-refractivity contribution is 6.06. The molecule has 4 aromatic rings. The first-order chi connectivity index (χ1) is 21.6. The number of hydrogen-bond acceptors (Lipinski definition) is 6. The summed E-state index contributed by atoms with van der Waals surface area (Å²) in [5.41, 5.74) is 4.91. The minimum Gasteiger partial charge on any atom is -0.469 e. The number of aliphatic hydroxyl groups excluding tert-OH is 2. The molecule has 0 saturated heterocycles. The Labute approximate surface area is 262 Å². The highest BCUT2D eigenvalue weighted by Crippen LogP contribution is 2.42. The van der Waals surface area contributed by atoms with Crippen LogP contribution in [0.25, 0.3) is 28.3 Å². The average molecular weight is 610 g/mol. The van der Waals surface area contributed by atoms with Crippen molar-refractivity contribution in [2.75, 3.05) is 7.11 Å². The van der Waals surface area contributed by atoms with Crippen molar-refractivity contribution in [2.24, 2.45) is 0 Å². The molecule has 0 aliphatic heterocycles. The lowest BCUT2D eigenvalue weighted by Crippen LogP contribution is -2.27. The molecule has 232 valence electrons. The van der Waals surface area contributed by atoms with Crippen LogP contribution in [0, 0.1) is 17.1 Å². The largest absolute Gasteiger partial charge is 0.469 e. The minimum absolute atomic E-state index is 0.111. The lowest BCUT2D eigenvalue weighted by atomic mass is 9.94. The van der Waals surface area contributed by atoms with Gasteiger partial charge < -0.3 is 24.8 Å². The summed E-state index contributed by atoms with van der Waals surface area (Å²) in [5, 5.41) is 33.4. The molecule has 0 radical (unpaired) electrons. The highest BCUT2D eigenvalue weighted by atomic mass is 19.1. The van der Waals surface area contributed by atoms with E-state index in [1.165, 1.54) is 25.3 Å². The van der Waals surface area contributed by atoms with Crippen molar-refractivity contribution in [3.8, 4) is 28.3 Å². The first kappa shape index (κ1) is 32.9. The summed E-state index contributed by atoms with van der Waals surface area (Å²) in [6, 6.07) is 24.3. The molecule has 0 bridgehead atoms. The molecule has 0 aliphatic rings. The molecule has 0 aliphatic carbocycles. The fourth-order valence-electron chi connectivity index (χ4n) is 5.26. The number of amides is 1. The number of aromatic nitrogens is 1. The van der Waals surface area contributed by atoms with Gasteiger partial charge in [0.2, 0.25) is 0 Å². The number of methoxy groups -OCH3 is 1. The Morgan fingerprint density at radius 2 is 1.69 bits per heavy atom. The van der Waals surface area contributed by atoms with Crippen LogP contribution in [-0.2, 0) is 16.1 Å². The number of esters is 1. The molecule has 0 saturated carbocycles. The Morgan fingerprint density at radius 1 is 1.00 bits per heavy atom. The number of halogens is 1. The van der Waals surface area contributed by atoms with E-state index in [0.29, 0.717) is 33.6 Å². The molecule has 1 aromatic heterocycles. The quantitative estimate of drug-likeness (QED) is 0.169. The number of nitrogens with zero attached hydrogens (tertiary/aromatic N) is 2. The van der Waals surface area contributed by atoms with Gasteiger partial charge in [0.1, 0.15) is 11.5 Å². The molecular weight excluding hydrogens is 573 g/mol. The smallest absolute Gasteiger partial charge is 0.308 e. The zero-order chi connectivity index (χ0) is 32.5. The van der Waals surface area contributed by atoms with Crippen molar-refractivity contribution < 1.29 is 28.9 Å². The number of nitrogens with one attached hydrogen (secondary N) is 1. The van der Waals surface area contributed by atoms with Gasteiger partial charge in [-0.1, -0.05) is 60.7 Å². The van der Waals surface area contributed by atoms with E-state index in [4.69, 9.17) is 0 Å². The molecule has 45 heavy (non-hydrogen) atoms. The number of rotatable bonds is 12. The van der Waals surface area contributed by atoms with E-state index in [9.17, 15) is 29.5 Å². The molecule has 3 aromatic carbocycles. The summed E-state index contributed by atoms with van der Waals surface area (Å²) in [5.74, 6) is -1.36. The Bertz CT molecular complexity index is 1710. The van der Waals surface area contributed by atoms with Crippen LogP contribution in [0.3, 0.4) is 0 Å². The van der Waals surface area contributed by atoms with Crippen LogP contribution in [0.1, 0.15) is 60.0 Å². The van der Waals surface area contributed by atoms with Crippen LogP contribution in [0.4, 0.5) is 4.39 Å². The summed E-state index contributed by atoms with van der Waals surface area (Å²) in [6.45, 7) is 4.05. The van der Waals surface area contributed by atoms with Crippen LogP contribution in [-0.4, -0.2) is 46.0 Å². The van der Waals surface area contributed by atoms with E-state index in [1.807, 2.05) is 54.8 Å². The summed E-state index contributed by atoms with van der Waals surface area (Å²) >= 11 is 0. The summed E-state index contributed by atoms with van der Waals surface area (Å²) in [4.78, 5) is 25.7. The molecule has 1 heterocycles. The average Bonchev–Trinajstić information content (AvgIpc) is 3.39. The number of benzene rings is 3. The van der Waals surface area contributed by atoms with Crippen molar-refractivity contribution in [1.82, 2.24) is 9.88 Å². The second-order valence-electron chi connectivity index (χ2n) is 10.9. The Kier molecular flexibility index (Phi) is 11.0. The molecule has 8 nitrogen and oxygen atoms in total. The third-order valence-electron chi connectivity index (χ3n) is 7.30. The maximum atomic E-state index is 14.2. The zero-order valence-corrected chi connectivity index (χ0v) is 25.4. The Balaban J connectivity index is 1.88. The molecule has 0 spiro atoms. The van der Waals surface area contributed by atoms with Gasteiger partial charge >= 0.3 is 5.97 Å². The van der Waals surface area contributed by atoms with Crippen LogP contribution >= 0.6 is 0 Å². The predicted molar refractivity (Wildman–Crippen MR) is 170 cm³/mol. The highest BCUT2D eigenvalue weighted by Gasteiger charge is 2.29. The topological polar surface area (TPSA) is 125 Å². The van der Waals surface area contributed by atoms with E-state index >= 15 is 0 Å². The predicted octanol–water partition coefficient (Wildman–Crippen LogP) is 6.03. The third kappa shape index (κ3) is 8.12. The van der Waals surface area contributed by atoms with E-state index < -0.39 is 24.0 Å². The van der Waals surface area contributed by atoms with Crippen molar-refractivity contribution >= 4 is 18.0 Å². The number of nitriles is 1. The van der Waals surface area contributed by atoms with E-state index in [2.05, 4.69) is 16.1 Å². The third-order valence-corrected chi connectivity index (χ3v) is 7.30. The molecule has 4 rings (SSSR count). The molecule has 0 fully saturated rings. The number of carbonyl (C=O) groups is 2. The fourth-order valence-corrected chi connectivity index (χ4v) is 5.26. The number of hydrogen-bond donors (Lipinski definition) is 3. The molecule has 2 unspecified atom stereocenters. The van der Waals surface area contributed by atoms with E-state index in [1.54, 1.807) is 36.4 Å². The van der Waals surface area contributed by atoms with Gasteiger partial charge in [-0.3, -0.25) is 9.59 Å². The van der Waals surface area contributed by atoms with Crippen molar-refractivity contribution in [3.63, 3.8) is 0 Å². The molecule has 3 N–H and O–H groups in total. The SMILES string of the molecule is COC(=O)CC(O)CC(O)/C=C/c1c(-c2ccc(F)cc2)c(-c2ccccc2)c(C(=O)NCc2cccc(C#N)c2)n1C(C)C. The normalized spacial score (nSPS) is 12.6. The lowest BCUT2D eigenvalue weighted by Gasteiger charge is -2.17. The maximum Gasteiger partial charge on any atom is 0.308 e. The summed E-state index contributed by atoms with van der Waals surface area (Å²) in [6.07, 6.45) is 0.585. The Hall–Kier alpha value is -5.04. The fraction of sp³-hybridized carbons (Fsp3) is 0.250. The second-order valence-corrected chi connectivity index (χ2v) is 10.9. The van der Waals surface area contributed by atoms with Crippen LogP contribution < -0.4 is 5.32 Å². The second kappa shape index (κ2) is 15.1. The minimum atomic E-state index is -1.12. The first-order valence-corrected chi connectivity index (χ1v) is 14.6. The molecular formula is C36H36FN3O5. The number of ether oxygens (including phenoxy) is 1. The molecule has 2 atom stereocenters. The summed E-state index contributed by atoms with van der Waals surface area (Å²) in [7, 11) is 1.23. The maximum absolute atomic E-state index is 14.2. The number of carbonyl (C=O) groups excluding carboxylic acids is 2. The van der Waals surface area contributed by atoms with Crippen molar-refractivity contribution in [3.05, 3.63) is 113 Å². The molecule has 9 heteroatoms. The first-order valence-electron chi connectivity index (χ1n) is 14.6. The molecule has 1 amide bonds. The zero-order valence-electron chi connectivity index (χ0n) is 25.4. The van der Waals surface area contributed by atoms with Gasteiger partial charge in [0, 0.05) is 35.8 Å². The van der Waals surface area contributed by atoms with Gasteiger partial charge in [-0.15, -0.1) is 0 Å². The van der Waals surface area contributed by atoms with Gasteiger partial charge in [0.25, 0.3) is 5.91 Å². The van der Waals surface area contributed by atoms with Crippen LogP contribution in [0.15, 0.2) is 84.9 Å². The monoisotopic (exact) mass is 609 g/mol. The van der Waals surface area contributed by atoms with Gasteiger partial charge in [0.15, 0.2) is 0 Å².